The summed E-state index contributed by atoms with van der Waals surface area (Å²) < 4.78 is 5.56. The Morgan fingerprint density at radius 1 is 1.11 bits per heavy atom. The molecule has 0 aliphatic heterocycles. The first-order valence-electron chi connectivity index (χ1n) is 6.41. The average molecular weight is 253 g/mol. The molecule has 6 heteroatoms. The number of ether oxygens (including phenoxy) is 1. The number of anilines is 2. The number of nitrogens with zero attached hydrogens (tertiary/aromatic N) is 4. The van der Waals surface area contributed by atoms with E-state index >= 15 is 0 Å². The Morgan fingerprint density at radius 2 is 1.89 bits per heavy atom. The van der Waals surface area contributed by atoms with E-state index in [1.165, 1.54) is 19.3 Å². The maximum atomic E-state index is 5.56. The van der Waals surface area contributed by atoms with Gasteiger partial charge in [0, 0.05) is 21.1 Å². The highest BCUT2D eigenvalue weighted by atomic mass is 16.5. The Labute approximate surface area is 109 Å². The summed E-state index contributed by atoms with van der Waals surface area (Å²) in [4.78, 5) is 14.5. The third-order valence-electron chi connectivity index (χ3n) is 2.46. The molecule has 0 amide bonds. The van der Waals surface area contributed by atoms with Crippen molar-refractivity contribution in [1.82, 2.24) is 15.0 Å². The molecule has 0 aliphatic rings. The molecule has 0 bridgehead atoms. The van der Waals surface area contributed by atoms with Gasteiger partial charge in [-0.15, -0.1) is 0 Å². The Kier molecular flexibility index (Phi) is 6.18. The van der Waals surface area contributed by atoms with E-state index in [9.17, 15) is 0 Å². The van der Waals surface area contributed by atoms with Crippen molar-refractivity contribution in [3.05, 3.63) is 0 Å². The minimum Gasteiger partial charge on any atom is -0.463 e. The van der Waals surface area contributed by atoms with E-state index in [1.54, 1.807) is 7.05 Å². The van der Waals surface area contributed by atoms with Crippen molar-refractivity contribution in [1.29, 1.82) is 0 Å². The van der Waals surface area contributed by atoms with E-state index in [2.05, 4.69) is 27.2 Å². The zero-order valence-corrected chi connectivity index (χ0v) is 11.7. The van der Waals surface area contributed by atoms with E-state index in [0.29, 0.717) is 24.5 Å². The normalized spacial score (nSPS) is 10.2. The van der Waals surface area contributed by atoms with E-state index in [4.69, 9.17) is 4.74 Å². The highest BCUT2D eigenvalue weighted by Crippen LogP contribution is 2.13. The van der Waals surface area contributed by atoms with Crippen LogP contribution >= 0.6 is 0 Å². The molecule has 0 saturated heterocycles. The van der Waals surface area contributed by atoms with Crippen LogP contribution in [0, 0.1) is 0 Å². The molecule has 0 fully saturated rings. The molecule has 0 aliphatic carbocycles. The number of aromatic nitrogens is 3. The van der Waals surface area contributed by atoms with Crippen LogP contribution in [0.2, 0.25) is 0 Å². The van der Waals surface area contributed by atoms with Gasteiger partial charge in [0.05, 0.1) is 6.61 Å². The number of rotatable bonds is 8. The van der Waals surface area contributed by atoms with Crippen LogP contribution in [-0.2, 0) is 0 Å². The van der Waals surface area contributed by atoms with Crippen LogP contribution < -0.4 is 15.0 Å². The van der Waals surface area contributed by atoms with Crippen molar-refractivity contribution in [2.24, 2.45) is 0 Å². The van der Waals surface area contributed by atoms with Gasteiger partial charge < -0.3 is 15.0 Å². The maximum Gasteiger partial charge on any atom is 0.323 e. The molecule has 1 aromatic heterocycles. The molecule has 102 valence electrons. The topological polar surface area (TPSA) is 63.2 Å². The molecule has 1 N–H and O–H groups in total. The number of hydrogen-bond acceptors (Lipinski definition) is 6. The van der Waals surface area contributed by atoms with Crippen LogP contribution in [0.4, 0.5) is 11.9 Å². The van der Waals surface area contributed by atoms with Gasteiger partial charge in [-0.1, -0.05) is 26.2 Å². The predicted octanol–water partition coefficient (Wildman–Crippen LogP) is 1.94. The minimum atomic E-state index is 0.384. The molecule has 0 radical (unpaired) electrons. The zero-order valence-electron chi connectivity index (χ0n) is 11.7. The Morgan fingerprint density at radius 3 is 2.50 bits per heavy atom. The van der Waals surface area contributed by atoms with E-state index < -0.39 is 0 Å². The Balaban J connectivity index is 2.56. The maximum absolute atomic E-state index is 5.56. The van der Waals surface area contributed by atoms with Crippen molar-refractivity contribution >= 4 is 11.9 Å². The Hall–Kier alpha value is -1.59. The lowest BCUT2D eigenvalue weighted by molar-refractivity contribution is 0.281. The molecule has 0 unspecified atom stereocenters. The molecular formula is C12H23N5O. The molecule has 6 nitrogen and oxygen atoms in total. The molecular weight excluding hydrogens is 230 g/mol. The SMILES string of the molecule is CCCCCCOc1nc(NC)nc(N(C)C)n1. The van der Waals surface area contributed by atoms with Crippen LogP contribution in [0.25, 0.3) is 0 Å². The van der Waals surface area contributed by atoms with Crippen molar-refractivity contribution in [3.8, 4) is 6.01 Å². The smallest absolute Gasteiger partial charge is 0.323 e. The second-order valence-electron chi connectivity index (χ2n) is 4.30. The van der Waals surface area contributed by atoms with Gasteiger partial charge in [0.25, 0.3) is 0 Å². The molecule has 0 saturated carbocycles. The summed E-state index contributed by atoms with van der Waals surface area (Å²) in [6, 6.07) is 0.384. The molecule has 18 heavy (non-hydrogen) atoms. The quantitative estimate of drug-likeness (QED) is 0.714. The van der Waals surface area contributed by atoms with Crippen molar-refractivity contribution in [3.63, 3.8) is 0 Å². The zero-order chi connectivity index (χ0) is 13.4. The van der Waals surface area contributed by atoms with Crippen molar-refractivity contribution < 1.29 is 4.74 Å². The van der Waals surface area contributed by atoms with Gasteiger partial charge >= 0.3 is 6.01 Å². The number of nitrogens with one attached hydrogen (secondary N) is 1. The lowest BCUT2D eigenvalue weighted by atomic mass is 10.2. The van der Waals surface area contributed by atoms with Crippen LogP contribution in [0.1, 0.15) is 32.6 Å². The average Bonchev–Trinajstić information content (AvgIpc) is 2.38. The number of unbranched alkanes of at least 4 members (excludes halogenated alkanes) is 3. The van der Waals surface area contributed by atoms with Gasteiger partial charge in [0.15, 0.2) is 0 Å². The third kappa shape index (κ3) is 4.73. The molecule has 0 aromatic carbocycles. The summed E-state index contributed by atoms with van der Waals surface area (Å²) in [5.74, 6) is 1.12. The van der Waals surface area contributed by atoms with Gasteiger partial charge in [0.2, 0.25) is 11.9 Å². The molecule has 1 aromatic rings. The predicted molar refractivity (Wildman–Crippen MR) is 73.3 cm³/mol. The first-order chi connectivity index (χ1) is 8.67. The van der Waals surface area contributed by atoms with Crippen LogP contribution in [0.5, 0.6) is 6.01 Å². The molecule has 0 atom stereocenters. The number of hydrogen-bond donors (Lipinski definition) is 1. The molecule has 1 rings (SSSR count). The summed E-state index contributed by atoms with van der Waals surface area (Å²) in [6.07, 6.45) is 4.68. The van der Waals surface area contributed by atoms with Crippen LogP contribution in [0.3, 0.4) is 0 Å². The second kappa shape index (κ2) is 7.68. The fourth-order valence-electron chi connectivity index (χ4n) is 1.41. The fourth-order valence-corrected chi connectivity index (χ4v) is 1.41. The molecule has 0 spiro atoms. The van der Waals surface area contributed by atoms with Crippen molar-refractivity contribution in [2.75, 3.05) is 38.0 Å². The summed E-state index contributed by atoms with van der Waals surface area (Å²) >= 11 is 0. The summed E-state index contributed by atoms with van der Waals surface area (Å²) in [6.45, 7) is 2.84. The van der Waals surface area contributed by atoms with E-state index in [1.807, 2.05) is 19.0 Å². The summed E-state index contributed by atoms with van der Waals surface area (Å²) in [5.41, 5.74) is 0. The highest BCUT2D eigenvalue weighted by molar-refractivity contribution is 5.36. The second-order valence-corrected chi connectivity index (χ2v) is 4.30. The van der Waals surface area contributed by atoms with Crippen LogP contribution in [-0.4, -0.2) is 42.7 Å². The van der Waals surface area contributed by atoms with Crippen LogP contribution in [0.15, 0.2) is 0 Å². The summed E-state index contributed by atoms with van der Waals surface area (Å²) in [5, 5.41) is 2.90. The lowest BCUT2D eigenvalue weighted by Gasteiger charge is -2.12. The van der Waals surface area contributed by atoms with Gasteiger partial charge in [-0.05, 0) is 6.42 Å². The lowest BCUT2D eigenvalue weighted by Crippen LogP contribution is -2.15. The first kappa shape index (κ1) is 14.5. The van der Waals surface area contributed by atoms with E-state index in [0.717, 1.165) is 6.42 Å². The van der Waals surface area contributed by atoms with Gasteiger partial charge in [-0.25, -0.2) is 0 Å². The summed E-state index contributed by atoms with van der Waals surface area (Å²) in [7, 11) is 5.55. The van der Waals surface area contributed by atoms with Crippen molar-refractivity contribution in [2.45, 2.75) is 32.6 Å². The van der Waals surface area contributed by atoms with Gasteiger partial charge in [-0.2, -0.15) is 15.0 Å². The van der Waals surface area contributed by atoms with Gasteiger partial charge in [0.1, 0.15) is 0 Å². The minimum absolute atomic E-state index is 0.384. The first-order valence-corrected chi connectivity index (χ1v) is 6.41. The monoisotopic (exact) mass is 253 g/mol. The van der Waals surface area contributed by atoms with Gasteiger partial charge in [-0.3, -0.25) is 0 Å². The van der Waals surface area contributed by atoms with E-state index in [-0.39, 0.29) is 0 Å². The highest BCUT2D eigenvalue weighted by Gasteiger charge is 2.07. The standard InChI is InChI=1S/C12H23N5O/c1-5-6-7-8-9-18-12-15-10(13-2)14-11(16-12)17(3)4/h5-9H2,1-4H3,(H,13,14,15,16). The largest absolute Gasteiger partial charge is 0.463 e. The fraction of sp³-hybridized carbons (Fsp3) is 0.750. The Bertz CT molecular complexity index is 356. The third-order valence-corrected chi connectivity index (χ3v) is 2.46. The molecule has 1 heterocycles.